The molecule has 0 atom stereocenters. The number of imide groups is 2. The number of hydrogen-bond donors (Lipinski definition) is 1. The summed E-state index contributed by atoms with van der Waals surface area (Å²) in [5.74, 6) is -0.827. The van der Waals surface area contributed by atoms with Crippen molar-refractivity contribution in [1.82, 2.24) is 5.32 Å². The first-order chi connectivity index (χ1) is 15.0. The second kappa shape index (κ2) is 8.44. The summed E-state index contributed by atoms with van der Waals surface area (Å²) in [4.78, 5) is 39.6. The Kier molecular flexibility index (Phi) is 5.54. The van der Waals surface area contributed by atoms with Crippen LogP contribution in [0.15, 0.2) is 66.2 Å². The average Bonchev–Trinajstić information content (AvgIpc) is 2.78. The third-order valence-corrected chi connectivity index (χ3v) is 5.23. The van der Waals surface area contributed by atoms with Gasteiger partial charge in [-0.15, -0.1) is 0 Å². The summed E-state index contributed by atoms with van der Waals surface area (Å²) in [6.45, 7) is 4.24. The molecule has 1 aliphatic heterocycles. The average molecular weight is 414 g/mol. The molecule has 1 aliphatic rings. The first-order valence-electron chi connectivity index (χ1n) is 10.2. The molecule has 3 aromatic carbocycles. The zero-order valence-corrected chi connectivity index (χ0v) is 17.3. The van der Waals surface area contributed by atoms with E-state index in [1.165, 1.54) is 6.08 Å². The smallest absolute Gasteiger partial charge is 0.335 e. The monoisotopic (exact) mass is 414 g/mol. The van der Waals surface area contributed by atoms with E-state index in [2.05, 4.69) is 5.32 Å². The van der Waals surface area contributed by atoms with Crippen molar-refractivity contribution < 1.29 is 19.1 Å². The van der Waals surface area contributed by atoms with Crippen LogP contribution in [0, 0.1) is 0 Å². The lowest BCUT2D eigenvalue weighted by Crippen LogP contribution is -2.54. The topological polar surface area (TPSA) is 75.7 Å². The van der Waals surface area contributed by atoms with Gasteiger partial charge in [0, 0.05) is 5.56 Å². The number of ether oxygens (including phenoxy) is 1. The van der Waals surface area contributed by atoms with Crippen LogP contribution in [0.3, 0.4) is 0 Å². The number of carbonyl (C=O) groups is 3. The van der Waals surface area contributed by atoms with Crippen molar-refractivity contribution in [3.63, 3.8) is 0 Å². The third-order valence-electron chi connectivity index (χ3n) is 5.23. The predicted octanol–water partition coefficient (Wildman–Crippen LogP) is 4.47. The number of para-hydroxylation sites is 1. The molecule has 0 aromatic heterocycles. The second-order valence-corrected chi connectivity index (χ2v) is 7.07. The molecule has 0 spiro atoms. The molecule has 6 nitrogen and oxygen atoms in total. The van der Waals surface area contributed by atoms with Crippen molar-refractivity contribution in [1.29, 1.82) is 0 Å². The minimum atomic E-state index is -0.754. The van der Waals surface area contributed by atoms with E-state index in [4.69, 9.17) is 4.74 Å². The lowest BCUT2D eigenvalue weighted by atomic mass is 9.99. The Morgan fingerprint density at radius 2 is 1.68 bits per heavy atom. The highest BCUT2D eigenvalue weighted by Crippen LogP contribution is 2.32. The van der Waals surface area contributed by atoms with Crippen LogP contribution >= 0.6 is 0 Å². The zero-order chi connectivity index (χ0) is 22.0. The molecule has 6 heteroatoms. The maximum Gasteiger partial charge on any atom is 0.335 e. The van der Waals surface area contributed by atoms with E-state index < -0.39 is 17.8 Å². The summed E-state index contributed by atoms with van der Waals surface area (Å²) in [6, 6.07) is 17.8. The summed E-state index contributed by atoms with van der Waals surface area (Å²) in [7, 11) is 0. The molecule has 0 bridgehead atoms. The number of anilines is 1. The molecule has 1 fully saturated rings. The minimum Gasteiger partial charge on any atom is -0.493 e. The molecule has 0 aliphatic carbocycles. The Hall–Kier alpha value is -3.93. The van der Waals surface area contributed by atoms with Gasteiger partial charge in [-0.1, -0.05) is 55.5 Å². The predicted molar refractivity (Wildman–Crippen MR) is 120 cm³/mol. The molecule has 0 saturated carbocycles. The Bertz CT molecular complexity index is 1230. The number of nitrogens with zero attached hydrogens (tertiary/aromatic N) is 1. The molecule has 4 amide bonds. The van der Waals surface area contributed by atoms with Crippen molar-refractivity contribution in [2.24, 2.45) is 0 Å². The number of benzene rings is 3. The Morgan fingerprint density at radius 3 is 2.45 bits per heavy atom. The highest BCUT2D eigenvalue weighted by molar-refractivity contribution is 6.39. The number of rotatable bonds is 5. The van der Waals surface area contributed by atoms with Gasteiger partial charge in [0.1, 0.15) is 11.3 Å². The van der Waals surface area contributed by atoms with Crippen LogP contribution in [0.1, 0.15) is 25.0 Å². The van der Waals surface area contributed by atoms with E-state index in [0.29, 0.717) is 30.0 Å². The van der Waals surface area contributed by atoms with Crippen molar-refractivity contribution in [2.45, 2.75) is 20.3 Å². The van der Waals surface area contributed by atoms with Crippen molar-refractivity contribution in [2.75, 3.05) is 11.5 Å². The molecule has 4 rings (SSSR count). The number of barbiturate groups is 1. The molecule has 3 aromatic rings. The Balaban J connectivity index is 1.88. The summed E-state index contributed by atoms with van der Waals surface area (Å²) in [5, 5.41) is 4.09. The quantitative estimate of drug-likeness (QED) is 0.494. The van der Waals surface area contributed by atoms with Gasteiger partial charge in [-0.05, 0) is 47.9 Å². The van der Waals surface area contributed by atoms with Crippen LogP contribution in [-0.4, -0.2) is 24.5 Å². The van der Waals surface area contributed by atoms with Crippen LogP contribution in [0.4, 0.5) is 10.5 Å². The normalized spacial score (nSPS) is 15.5. The van der Waals surface area contributed by atoms with Crippen LogP contribution in [-0.2, 0) is 16.0 Å². The molecule has 156 valence electrons. The van der Waals surface area contributed by atoms with E-state index in [-0.39, 0.29) is 5.57 Å². The molecule has 1 heterocycles. The maximum absolute atomic E-state index is 13.4. The number of fused-ring (bicyclic) bond motifs is 1. The van der Waals surface area contributed by atoms with Crippen LogP contribution in [0.5, 0.6) is 5.75 Å². The van der Waals surface area contributed by atoms with Gasteiger partial charge in [0.15, 0.2) is 0 Å². The van der Waals surface area contributed by atoms with Gasteiger partial charge in [0.05, 0.1) is 12.3 Å². The molecule has 1 N–H and O–H groups in total. The van der Waals surface area contributed by atoms with Gasteiger partial charge >= 0.3 is 6.03 Å². The highest BCUT2D eigenvalue weighted by Gasteiger charge is 2.37. The highest BCUT2D eigenvalue weighted by atomic mass is 16.5. The van der Waals surface area contributed by atoms with Crippen LogP contribution in [0.2, 0.25) is 0 Å². The van der Waals surface area contributed by atoms with Gasteiger partial charge in [0.25, 0.3) is 11.8 Å². The lowest BCUT2D eigenvalue weighted by Gasteiger charge is -2.28. The van der Waals surface area contributed by atoms with E-state index >= 15 is 0 Å². The van der Waals surface area contributed by atoms with E-state index in [0.717, 1.165) is 21.2 Å². The van der Waals surface area contributed by atoms with Gasteiger partial charge in [-0.3, -0.25) is 14.9 Å². The second-order valence-electron chi connectivity index (χ2n) is 7.07. The standard InChI is InChI=1S/C25H22N2O4/c1-3-16-9-6-8-12-21(16)27-24(29)20(23(28)26-25(27)30)15-19-18-11-7-5-10-17(18)13-14-22(19)31-4-2/h5-15H,3-4H2,1-2H3,(H,26,28,30)/b20-15-. The lowest BCUT2D eigenvalue weighted by molar-refractivity contribution is -0.122. The number of urea groups is 1. The third kappa shape index (κ3) is 3.68. The van der Waals surface area contributed by atoms with Crippen molar-refractivity contribution in [3.05, 3.63) is 77.4 Å². The van der Waals surface area contributed by atoms with Gasteiger partial charge in [0.2, 0.25) is 0 Å². The van der Waals surface area contributed by atoms with Gasteiger partial charge in [-0.25, -0.2) is 9.69 Å². The molecule has 0 unspecified atom stereocenters. The van der Waals surface area contributed by atoms with Crippen molar-refractivity contribution >= 4 is 40.4 Å². The minimum absolute atomic E-state index is 0.122. The molecule has 31 heavy (non-hydrogen) atoms. The summed E-state index contributed by atoms with van der Waals surface area (Å²) < 4.78 is 5.76. The fourth-order valence-corrected chi connectivity index (χ4v) is 3.75. The largest absolute Gasteiger partial charge is 0.493 e. The first-order valence-corrected chi connectivity index (χ1v) is 10.2. The number of hydrogen-bond acceptors (Lipinski definition) is 4. The van der Waals surface area contributed by atoms with E-state index in [1.807, 2.05) is 62.4 Å². The number of aryl methyl sites for hydroxylation is 1. The van der Waals surface area contributed by atoms with E-state index in [1.54, 1.807) is 12.1 Å². The molecular weight excluding hydrogens is 392 g/mol. The summed E-state index contributed by atoms with van der Waals surface area (Å²) >= 11 is 0. The Morgan fingerprint density at radius 1 is 0.935 bits per heavy atom. The molecular formula is C25H22N2O4. The first kappa shape index (κ1) is 20.3. The maximum atomic E-state index is 13.4. The number of amides is 4. The fraction of sp³-hybridized carbons (Fsp3) is 0.160. The molecule has 1 saturated heterocycles. The Labute approximate surface area is 180 Å². The SMILES string of the molecule is CCOc1ccc2ccccc2c1/C=C1/C(=O)NC(=O)N(c2ccccc2CC)C1=O. The van der Waals surface area contributed by atoms with Gasteiger partial charge in [-0.2, -0.15) is 0 Å². The van der Waals surface area contributed by atoms with Crippen LogP contribution in [0.25, 0.3) is 16.8 Å². The summed E-state index contributed by atoms with van der Waals surface area (Å²) in [5.41, 5.74) is 1.80. The molecule has 0 radical (unpaired) electrons. The fourth-order valence-electron chi connectivity index (χ4n) is 3.75. The zero-order valence-electron chi connectivity index (χ0n) is 17.3. The summed E-state index contributed by atoms with van der Waals surface area (Å²) in [6.07, 6.45) is 2.15. The van der Waals surface area contributed by atoms with Crippen LogP contribution < -0.4 is 15.0 Å². The van der Waals surface area contributed by atoms with Crippen molar-refractivity contribution in [3.8, 4) is 5.75 Å². The van der Waals surface area contributed by atoms with E-state index in [9.17, 15) is 14.4 Å². The number of nitrogens with one attached hydrogen (secondary N) is 1. The number of carbonyl (C=O) groups excluding carboxylic acids is 3. The van der Waals surface area contributed by atoms with Gasteiger partial charge < -0.3 is 4.74 Å².